The van der Waals surface area contributed by atoms with Crippen molar-refractivity contribution < 1.29 is 14.3 Å². The second-order valence-corrected chi connectivity index (χ2v) is 6.49. The molecule has 2 aromatic rings. The summed E-state index contributed by atoms with van der Waals surface area (Å²) in [5.41, 5.74) is 1.39. The topological polar surface area (TPSA) is 47.6 Å². The monoisotopic (exact) mass is 387 g/mol. The van der Waals surface area contributed by atoms with E-state index < -0.39 is 5.37 Å². The van der Waals surface area contributed by atoms with Crippen molar-refractivity contribution in [3.63, 3.8) is 0 Å². The van der Waals surface area contributed by atoms with Crippen LogP contribution in [0.1, 0.15) is 25.3 Å². The lowest BCUT2D eigenvalue weighted by Gasteiger charge is -2.15. The molecule has 1 N–H and O–H groups in total. The third kappa shape index (κ3) is 4.47. The minimum atomic E-state index is -0.729. The number of hydrogen-bond acceptors (Lipinski definition) is 3. The van der Waals surface area contributed by atoms with Gasteiger partial charge in [0.05, 0.1) is 17.2 Å². The van der Waals surface area contributed by atoms with Crippen LogP contribution in [0.15, 0.2) is 30.3 Å². The highest BCUT2D eigenvalue weighted by molar-refractivity contribution is 6.65. The second kappa shape index (κ2) is 7.97. The van der Waals surface area contributed by atoms with Crippen molar-refractivity contribution in [2.45, 2.75) is 19.8 Å². The van der Waals surface area contributed by atoms with E-state index in [9.17, 15) is 4.79 Å². The molecule has 0 aromatic heterocycles. The van der Waals surface area contributed by atoms with Crippen LogP contribution in [-0.4, -0.2) is 12.5 Å². The average molecular weight is 389 g/mol. The van der Waals surface area contributed by atoms with Crippen molar-refractivity contribution >= 4 is 45.9 Å². The Bertz CT molecular complexity index is 740. The highest BCUT2D eigenvalue weighted by Gasteiger charge is 2.14. The molecule has 128 valence electrons. The summed E-state index contributed by atoms with van der Waals surface area (Å²) in [6, 6.07) is 8.50. The van der Waals surface area contributed by atoms with Gasteiger partial charge in [-0.25, -0.2) is 0 Å². The van der Waals surface area contributed by atoms with E-state index in [-0.39, 0.29) is 16.0 Å². The second-order valence-electron chi connectivity index (χ2n) is 5.33. The van der Waals surface area contributed by atoms with Crippen LogP contribution in [0.5, 0.6) is 17.2 Å². The Hall–Kier alpha value is -1.62. The summed E-state index contributed by atoms with van der Waals surface area (Å²) in [5, 5.41) is 2.18. The zero-order valence-corrected chi connectivity index (χ0v) is 15.6. The van der Waals surface area contributed by atoms with Crippen molar-refractivity contribution in [1.82, 2.24) is 0 Å². The van der Waals surface area contributed by atoms with Gasteiger partial charge in [-0.05, 0) is 47.9 Å². The largest absolute Gasteiger partial charge is 0.496 e. The number of ether oxygens (including phenoxy) is 2. The van der Waals surface area contributed by atoms with E-state index in [1.807, 2.05) is 12.1 Å². The fraction of sp³-hybridized carbons (Fsp3) is 0.235. The SMILES string of the molecule is COc1ccc(Oc2c(Cl)cc(NC(=O)Cl)cc2Cl)cc1C(C)C. The van der Waals surface area contributed by atoms with Gasteiger partial charge in [0.2, 0.25) is 0 Å². The lowest BCUT2D eigenvalue weighted by Crippen LogP contribution is -2.01. The van der Waals surface area contributed by atoms with E-state index in [0.29, 0.717) is 17.2 Å². The zero-order chi connectivity index (χ0) is 17.9. The molecule has 0 unspecified atom stereocenters. The summed E-state index contributed by atoms with van der Waals surface area (Å²) in [5.74, 6) is 1.92. The molecule has 24 heavy (non-hydrogen) atoms. The van der Waals surface area contributed by atoms with Gasteiger partial charge in [0.15, 0.2) is 5.75 Å². The minimum Gasteiger partial charge on any atom is -0.496 e. The van der Waals surface area contributed by atoms with Crippen molar-refractivity contribution in [2.75, 3.05) is 12.4 Å². The highest BCUT2D eigenvalue weighted by Crippen LogP contribution is 2.40. The Morgan fingerprint density at radius 3 is 2.25 bits per heavy atom. The summed E-state index contributed by atoms with van der Waals surface area (Å²) >= 11 is 17.7. The summed E-state index contributed by atoms with van der Waals surface area (Å²) in [4.78, 5) is 10.9. The molecule has 0 saturated carbocycles. The summed E-state index contributed by atoms with van der Waals surface area (Å²) in [7, 11) is 1.62. The number of benzene rings is 2. The predicted octanol–water partition coefficient (Wildman–Crippen LogP) is 6.69. The summed E-state index contributed by atoms with van der Waals surface area (Å²) in [6.07, 6.45) is 0. The van der Waals surface area contributed by atoms with E-state index in [1.165, 1.54) is 12.1 Å². The number of hydrogen-bond donors (Lipinski definition) is 1. The first-order valence-electron chi connectivity index (χ1n) is 7.13. The van der Waals surface area contributed by atoms with E-state index >= 15 is 0 Å². The molecule has 2 aromatic carbocycles. The van der Waals surface area contributed by atoms with Gasteiger partial charge in [-0.3, -0.25) is 4.79 Å². The first-order chi connectivity index (χ1) is 11.3. The number of methoxy groups -OCH3 is 1. The molecule has 0 radical (unpaired) electrons. The quantitative estimate of drug-likeness (QED) is 0.458. The third-order valence-corrected chi connectivity index (χ3v) is 3.94. The lowest BCUT2D eigenvalue weighted by molar-refractivity contribution is 0.269. The molecule has 0 fully saturated rings. The smallest absolute Gasteiger partial charge is 0.318 e. The van der Waals surface area contributed by atoms with Crippen LogP contribution in [0.3, 0.4) is 0 Å². The van der Waals surface area contributed by atoms with Gasteiger partial charge >= 0.3 is 5.37 Å². The maximum atomic E-state index is 10.9. The number of carbonyl (C=O) groups is 1. The van der Waals surface area contributed by atoms with Crippen molar-refractivity contribution in [1.29, 1.82) is 0 Å². The molecule has 0 aliphatic rings. The normalized spacial score (nSPS) is 10.6. The van der Waals surface area contributed by atoms with Gasteiger partial charge in [-0.1, -0.05) is 37.0 Å². The molecule has 0 heterocycles. The van der Waals surface area contributed by atoms with Gasteiger partial charge in [-0.15, -0.1) is 0 Å². The van der Waals surface area contributed by atoms with Crippen molar-refractivity contribution in [3.8, 4) is 17.2 Å². The van der Waals surface area contributed by atoms with Crippen LogP contribution in [0.25, 0.3) is 0 Å². The van der Waals surface area contributed by atoms with Crippen LogP contribution >= 0.6 is 34.8 Å². The Morgan fingerprint density at radius 2 is 1.75 bits per heavy atom. The Balaban J connectivity index is 2.34. The van der Waals surface area contributed by atoms with E-state index in [4.69, 9.17) is 44.3 Å². The fourth-order valence-electron chi connectivity index (χ4n) is 2.19. The van der Waals surface area contributed by atoms with Crippen molar-refractivity contribution in [2.24, 2.45) is 0 Å². The molecule has 7 heteroatoms. The lowest BCUT2D eigenvalue weighted by atomic mass is 10.0. The van der Waals surface area contributed by atoms with Crippen molar-refractivity contribution in [3.05, 3.63) is 45.9 Å². The van der Waals surface area contributed by atoms with Crippen LogP contribution < -0.4 is 14.8 Å². The Labute approximate surface area is 155 Å². The van der Waals surface area contributed by atoms with Gasteiger partial charge in [0, 0.05) is 11.3 Å². The number of halogens is 3. The van der Waals surface area contributed by atoms with E-state index in [0.717, 1.165) is 11.3 Å². The first kappa shape index (κ1) is 18.7. The summed E-state index contributed by atoms with van der Waals surface area (Å²) < 4.78 is 11.2. The third-order valence-electron chi connectivity index (χ3n) is 3.28. The van der Waals surface area contributed by atoms with Crippen LogP contribution in [0, 0.1) is 0 Å². The van der Waals surface area contributed by atoms with Gasteiger partial charge in [0.1, 0.15) is 11.5 Å². The zero-order valence-electron chi connectivity index (χ0n) is 13.3. The fourth-order valence-corrected chi connectivity index (χ4v) is 2.86. The first-order valence-corrected chi connectivity index (χ1v) is 8.26. The standard InChI is InChI=1S/C17H16Cl3NO3/c1-9(2)12-8-11(4-5-15(12)23-3)24-16-13(18)6-10(7-14(16)19)21-17(20)22/h4-9H,1-3H3,(H,21,22). The Morgan fingerprint density at radius 1 is 1.12 bits per heavy atom. The molecule has 0 atom stereocenters. The van der Waals surface area contributed by atoms with E-state index in [1.54, 1.807) is 13.2 Å². The Kier molecular flexibility index (Phi) is 6.21. The molecule has 1 amide bonds. The predicted molar refractivity (Wildman–Crippen MR) is 98.5 cm³/mol. The average Bonchev–Trinajstić information content (AvgIpc) is 2.50. The number of amides is 1. The molecule has 0 saturated heterocycles. The molecule has 4 nitrogen and oxygen atoms in total. The van der Waals surface area contributed by atoms with Gasteiger partial charge in [0.25, 0.3) is 0 Å². The minimum absolute atomic E-state index is 0.254. The highest BCUT2D eigenvalue weighted by atomic mass is 35.5. The van der Waals surface area contributed by atoms with Crippen LogP contribution in [-0.2, 0) is 0 Å². The maximum Gasteiger partial charge on any atom is 0.318 e. The number of rotatable bonds is 5. The molecular formula is C17H16Cl3NO3. The molecule has 0 aliphatic carbocycles. The van der Waals surface area contributed by atoms with Crippen LogP contribution in [0.4, 0.5) is 10.5 Å². The molecule has 0 bridgehead atoms. The molecule has 2 rings (SSSR count). The maximum absolute atomic E-state index is 10.9. The molecule has 0 aliphatic heterocycles. The van der Waals surface area contributed by atoms with E-state index in [2.05, 4.69) is 19.2 Å². The van der Waals surface area contributed by atoms with Gasteiger partial charge < -0.3 is 14.8 Å². The molecular weight excluding hydrogens is 373 g/mol. The number of anilines is 1. The number of nitrogens with one attached hydrogen (secondary N) is 1. The summed E-state index contributed by atoms with van der Waals surface area (Å²) in [6.45, 7) is 4.12. The van der Waals surface area contributed by atoms with Gasteiger partial charge in [-0.2, -0.15) is 0 Å². The molecule has 0 spiro atoms. The number of carbonyl (C=O) groups excluding carboxylic acids is 1. The van der Waals surface area contributed by atoms with Crippen LogP contribution in [0.2, 0.25) is 10.0 Å².